The number of alkyl halides is 3. The molecule has 0 aliphatic carbocycles. The van der Waals surface area contributed by atoms with E-state index in [0.29, 0.717) is 0 Å². The molecule has 1 N–H and O–H groups in total. The first-order chi connectivity index (χ1) is 15.5. The van der Waals surface area contributed by atoms with Crippen LogP contribution in [0.25, 0.3) is 0 Å². The van der Waals surface area contributed by atoms with E-state index in [1.54, 1.807) is 0 Å². The van der Waals surface area contributed by atoms with Crippen LogP contribution in [-0.4, -0.2) is 25.2 Å². The topological polar surface area (TPSA) is 66.5 Å². The Morgan fingerprint density at radius 2 is 1.64 bits per heavy atom. The van der Waals surface area contributed by atoms with Crippen LogP contribution < -0.4 is 5.32 Å². The molecule has 0 radical (unpaired) electrons. The number of halogens is 5. The summed E-state index contributed by atoms with van der Waals surface area (Å²) in [7, 11) is -4.28. The normalized spacial score (nSPS) is 12.1. The van der Waals surface area contributed by atoms with Crippen LogP contribution in [0.4, 0.5) is 23.2 Å². The Bertz CT molecular complexity index is 1250. The third-order valence-corrected chi connectivity index (χ3v) is 6.61. The average Bonchev–Trinajstić information content (AvgIpc) is 2.74. The minimum Gasteiger partial charge on any atom is -0.325 e. The average molecular weight is 501 g/mol. The SMILES string of the molecule is O=C(CN(Cc1ccccc1F)S(=O)(=O)c1ccc(Cl)cc1)Nc1cccc(C(F)(F)F)c1. The van der Waals surface area contributed by atoms with Crippen LogP contribution in [0.1, 0.15) is 11.1 Å². The highest BCUT2D eigenvalue weighted by atomic mass is 35.5. The standard InChI is InChI=1S/C22H17ClF4N2O3S/c23-17-8-10-19(11-9-17)33(31,32)29(13-15-4-1-2-7-20(15)24)14-21(30)28-18-6-3-5-16(12-18)22(25,26)27/h1-12H,13-14H2,(H,28,30). The smallest absolute Gasteiger partial charge is 0.325 e. The molecule has 0 saturated heterocycles. The zero-order chi connectivity index (χ0) is 24.2. The van der Waals surface area contributed by atoms with Crippen molar-refractivity contribution in [3.63, 3.8) is 0 Å². The molecule has 0 spiro atoms. The van der Waals surface area contributed by atoms with Crippen molar-refractivity contribution in [2.75, 3.05) is 11.9 Å². The minimum absolute atomic E-state index is 0.0157. The first kappa shape index (κ1) is 24.7. The predicted octanol–water partition coefficient (Wildman–Crippen LogP) is 5.33. The molecule has 3 rings (SSSR count). The van der Waals surface area contributed by atoms with Crippen molar-refractivity contribution in [3.8, 4) is 0 Å². The Labute approximate surface area is 192 Å². The lowest BCUT2D eigenvalue weighted by molar-refractivity contribution is -0.137. The van der Waals surface area contributed by atoms with Gasteiger partial charge in [0.2, 0.25) is 15.9 Å². The van der Waals surface area contributed by atoms with Crippen LogP contribution in [0, 0.1) is 5.82 Å². The monoisotopic (exact) mass is 500 g/mol. The van der Waals surface area contributed by atoms with Crippen molar-refractivity contribution in [2.24, 2.45) is 0 Å². The Morgan fingerprint density at radius 3 is 2.27 bits per heavy atom. The lowest BCUT2D eigenvalue weighted by Gasteiger charge is -2.22. The van der Waals surface area contributed by atoms with Gasteiger partial charge in [-0.25, -0.2) is 12.8 Å². The van der Waals surface area contributed by atoms with Gasteiger partial charge in [-0.15, -0.1) is 0 Å². The van der Waals surface area contributed by atoms with E-state index in [4.69, 9.17) is 11.6 Å². The molecule has 0 heterocycles. The molecule has 33 heavy (non-hydrogen) atoms. The van der Waals surface area contributed by atoms with Crippen molar-refractivity contribution in [2.45, 2.75) is 17.6 Å². The Hall–Kier alpha value is -2.95. The number of hydrogen-bond donors (Lipinski definition) is 1. The van der Waals surface area contributed by atoms with Crippen molar-refractivity contribution in [1.82, 2.24) is 4.31 Å². The lowest BCUT2D eigenvalue weighted by Crippen LogP contribution is -2.37. The number of benzene rings is 3. The second-order valence-electron chi connectivity index (χ2n) is 6.95. The molecule has 174 valence electrons. The molecule has 3 aromatic carbocycles. The quantitative estimate of drug-likeness (QED) is 0.446. The van der Waals surface area contributed by atoms with Gasteiger partial charge in [0.05, 0.1) is 17.0 Å². The van der Waals surface area contributed by atoms with E-state index >= 15 is 0 Å². The largest absolute Gasteiger partial charge is 0.416 e. The van der Waals surface area contributed by atoms with Crippen LogP contribution in [0.3, 0.4) is 0 Å². The zero-order valence-corrected chi connectivity index (χ0v) is 18.4. The zero-order valence-electron chi connectivity index (χ0n) is 16.8. The molecule has 11 heteroatoms. The van der Waals surface area contributed by atoms with Gasteiger partial charge < -0.3 is 5.32 Å². The number of carbonyl (C=O) groups is 1. The van der Waals surface area contributed by atoms with Gasteiger partial charge in [-0.1, -0.05) is 35.9 Å². The summed E-state index contributed by atoms with van der Waals surface area (Å²) in [6.45, 7) is -1.25. The maximum atomic E-state index is 14.2. The van der Waals surface area contributed by atoms with Gasteiger partial charge in [0, 0.05) is 22.8 Å². The molecule has 0 aromatic heterocycles. The third kappa shape index (κ3) is 6.31. The number of amides is 1. The van der Waals surface area contributed by atoms with E-state index in [1.165, 1.54) is 48.5 Å². The Morgan fingerprint density at radius 1 is 0.970 bits per heavy atom. The van der Waals surface area contributed by atoms with E-state index in [2.05, 4.69) is 5.32 Å². The number of carbonyl (C=O) groups excluding carboxylic acids is 1. The molecule has 0 atom stereocenters. The summed E-state index contributed by atoms with van der Waals surface area (Å²) in [6.07, 6.45) is -4.62. The fourth-order valence-electron chi connectivity index (χ4n) is 2.93. The summed E-state index contributed by atoms with van der Waals surface area (Å²) in [5.41, 5.74) is -1.12. The number of nitrogens with zero attached hydrogens (tertiary/aromatic N) is 1. The van der Waals surface area contributed by atoms with Crippen LogP contribution in [0.15, 0.2) is 77.7 Å². The summed E-state index contributed by atoms with van der Waals surface area (Å²) in [5.74, 6) is -1.57. The van der Waals surface area contributed by atoms with E-state index in [9.17, 15) is 30.8 Å². The first-order valence-corrected chi connectivity index (χ1v) is 11.2. The molecule has 0 aliphatic rings. The Kier molecular flexibility index (Phi) is 7.41. The minimum atomic E-state index is -4.62. The Balaban J connectivity index is 1.89. The van der Waals surface area contributed by atoms with Crippen LogP contribution in [-0.2, 0) is 27.5 Å². The predicted molar refractivity (Wildman–Crippen MR) is 116 cm³/mol. The summed E-state index contributed by atoms with van der Waals surface area (Å²) >= 11 is 5.81. The van der Waals surface area contributed by atoms with Gasteiger partial charge in [0.15, 0.2) is 0 Å². The third-order valence-electron chi connectivity index (χ3n) is 4.55. The summed E-state index contributed by atoms with van der Waals surface area (Å²) in [6, 6.07) is 14.5. The number of sulfonamides is 1. The van der Waals surface area contributed by atoms with E-state index in [0.717, 1.165) is 28.6 Å². The summed E-state index contributed by atoms with van der Waals surface area (Å²) < 4.78 is 80.0. The van der Waals surface area contributed by atoms with Gasteiger partial charge in [0.25, 0.3) is 0 Å². The fourth-order valence-corrected chi connectivity index (χ4v) is 4.43. The van der Waals surface area contributed by atoms with Crippen LogP contribution in [0.5, 0.6) is 0 Å². The highest BCUT2D eigenvalue weighted by Gasteiger charge is 2.31. The second-order valence-corrected chi connectivity index (χ2v) is 9.32. The van der Waals surface area contributed by atoms with Gasteiger partial charge in [0.1, 0.15) is 5.82 Å². The van der Waals surface area contributed by atoms with Gasteiger partial charge in [-0.2, -0.15) is 17.5 Å². The van der Waals surface area contributed by atoms with Crippen molar-refractivity contribution in [3.05, 3.63) is 94.8 Å². The molecular weight excluding hydrogens is 484 g/mol. The molecular formula is C22H17ClF4N2O3S. The van der Waals surface area contributed by atoms with E-state index in [-0.39, 0.29) is 21.2 Å². The molecule has 1 amide bonds. The van der Waals surface area contributed by atoms with Crippen molar-refractivity contribution >= 4 is 33.2 Å². The van der Waals surface area contributed by atoms with Gasteiger partial charge >= 0.3 is 6.18 Å². The number of anilines is 1. The first-order valence-electron chi connectivity index (χ1n) is 9.43. The van der Waals surface area contributed by atoms with E-state index < -0.39 is 46.6 Å². The molecule has 0 fully saturated rings. The molecule has 3 aromatic rings. The number of rotatable bonds is 7. The van der Waals surface area contributed by atoms with Gasteiger partial charge in [-0.3, -0.25) is 4.79 Å². The summed E-state index contributed by atoms with van der Waals surface area (Å²) in [5, 5.41) is 2.55. The number of hydrogen-bond acceptors (Lipinski definition) is 3. The molecule has 5 nitrogen and oxygen atoms in total. The fraction of sp³-hybridized carbons (Fsp3) is 0.136. The van der Waals surface area contributed by atoms with Gasteiger partial charge in [-0.05, 0) is 48.5 Å². The highest BCUT2D eigenvalue weighted by Crippen LogP contribution is 2.30. The lowest BCUT2D eigenvalue weighted by atomic mass is 10.2. The number of nitrogens with one attached hydrogen (secondary N) is 1. The maximum absolute atomic E-state index is 14.2. The summed E-state index contributed by atoms with van der Waals surface area (Å²) in [4.78, 5) is 12.4. The second kappa shape index (κ2) is 9.90. The molecule has 0 bridgehead atoms. The highest BCUT2D eigenvalue weighted by molar-refractivity contribution is 7.89. The van der Waals surface area contributed by atoms with Crippen LogP contribution >= 0.6 is 11.6 Å². The van der Waals surface area contributed by atoms with Crippen molar-refractivity contribution in [1.29, 1.82) is 0 Å². The van der Waals surface area contributed by atoms with E-state index in [1.807, 2.05) is 0 Å². The molecule has 0 aliphatic heterocycles. The molecule has 0 saturated carbocycles. The van der Waals surface area contributed by atoms with Crippen LogP contribution in [0.2, 0.25) is 5.02 Å². The molecule has 0 unspecified atom stereocenters. The maximum Gasteiger partial charge on any atom is 0.416 e. The van der Waals surface area contributed by atoms with Crippen molar-refractivity contribution < 1.29 is 30.8 Å².